The highest BCUT2D eigenvalue weighted by Gasteiger charge is 2.49. The minimum atomic E-state index is -3.15. The number of ether oxygens (including phenoxy) is 1. The molecule has 0 aliphatic heterocycles. The zero-order valence-corrected chi connectivity index (χ0v) is 32.2. The number of carbonyl (C=O) groups is 3. The predicted octanol–water partition coefficient (Wildman–Crippen LogP) is 6.90. The number of rotatable bonds is 15. The van der Waals surface area contributed by atoms with Gasteiger partial charge in [-0.15, -0.1) is 0 Å². The van der Waals surface area contributed by atoms with Gasteiger partial charge in [0.15, 0.2) is 0 Å². The number of carboxylic acid groups (broad SMARTS) is 1. The Kier molecular flexibility index (Phi) is 12.1. The number of hydrogen-bond donors (Lipinski definition) is 2. The first-order chi connectivity index (χ1) is 24.8. The molecule has 0 saturated heterocycles. The number of aliphatic carboxylic acids is 1. The lowest BCUT2D eigenvalue weighted by Crippen LogP contribution is -2.65. The normalized spacial score (nSPS) is 14.4. The fourth-order valence-electron chi connectivity index (χ4n) is 7.92. The summed E-state index contributed by atoms with van der Waals surface area (Å²) in [6.45, 7) is 7.83. The van der Waals surface area contributed by atoms with Gasteiger partial charge in [0.05, 0.1) is 0 Å². The Labute approximate surface area is 309 Å². The number of benzene rings is 4. The highest BCUT2D eigenvalue weighted by atomic mass is 28.4. The van der Waals surface area contributed by atoms with E-state index in [0.717, 1.165) is 51.9 Å². The third-order valence-electron chi connectivity index (χ3n) is 11.2. The molecule has 0 radical (unpaired) electrons. The number of carboxylic acids is 1. The molecule has 0 heterocycles. The molecule has 9 heteroatoms. The third kappa shape index (κ3) is 7.71. The number of likely N-dealkylation sites (N-methyl/N-ethyl adjacent to an activating group) is 2. The van der Waals surface area contributed by atoms with E-state index in [4.69, 9.17) is 4.74 Å². The molecule has 2 amide bonds. The molecule has 52 heavy (non-hydrogen) atoms. The number of nitrogens with zero attached hydrogens (tertiary/aromatic N) is 2. The van der Waals surface area contributed by atoms with E-state index in [0.29, 0.717) is 6.42 Å². The van der Waals surface area contributed by atoms with Crippen molar-refractivity contribution in [1.82, 2.24) is 9.80 Å². The van der Waals surface area contributed by atoms with Crippen molar-refractivity contribution in [2.24, 2.45) is 5.92 Å². The van der Waals surface area contributed by atoms with Crippen molar-refractivity contribution in [3.63, 3.8) is 0 Å². The SMILES string of the molecule is C[C@H](CCCCC(C)(C)[Si](O)(c1ccccc1)c1ccccc1)[C@@H](C(=O)O)N(C)C(=O)[C@@H](C)N(C)C(=O)OCC1c2ccccc2-c2ccccc21. The average Bonchev–Trinajstić information content (AvgIpc) is 3.48. The Morgan fingerprint density at radius 3 is 1.73 bits per heavy atom. The number of amides is 2. The lowest BCUT2D eigenvalue weighted by atomic mass is 9.92. The molecular weight excluding hydrogens is 669 g/mol. The maximum absolute atomic E-state index is 13.7. The van der Waals surface area contributed by atoms with E-state index < -0.39 is 43.4 Å². The van der Waals surface area contributed by atoms with Gasteiger partial charge in [-0.3, -0.25) is 9.69 Å². The van der Waals surface area contributed by atoms with Gasteiger partial charge in [-0.05, 0) is 63.3 Å². The molecule has 0 spiro atoms. The summed E-state index contributed by atoms with van der Waals surface area (Å²) in [4.78, 5) is 54.4. The maximum Gasteiger partial charge on any atom is 0.410 e. The van der Waals surface area contributed by atoms with Gasteiger partial charge in [-0.25, -0.2) is 9.59 Å². The van der Waals surface area contributed by atoms with Crippen molar-refractivity contribution in [2.75, 3.05) is 20.7 Å². The summed E-state index contributed by atoms with van der Waals surface area (Å²) in [6.07, 6.45) is 2.21. The molecule has 4 aromatic carbocycles. The van der Waals surface area contributed by atoms with Crippen LogP contribution in [0.25, 0.3) is 11.1 Å². The molecule has 0 bridgehead atoms. The van der Waals surface area contributed by atoms with Crippen molar-refractivity contribution in [3.8, 4) is 11.1 Å². The number of fused-ring (bicyclic) bond motifs is 3. The number of hydrogen-bond acceptors (Lipinski definition) is 5. The van der Waals surface area contributed by atoms with Gasteiger partial charge in [0.2, 0.25) is 5.91 Å². The van der Waals surface area contributed by atoms with Gasteiger partial charge >= 0.3 is 12.1 Å². The molecule has 0 fully saturated rings. The van der Waals surface area contributed by atoms with Gasteiger partial charge in [-0.1, -0.05) is 143 Å². The van der Waals surface area contributed by atoms with Crippen LogP contribution in [0.3, 0.4) is 0 Å². The summed E-state index contributed by atoms with van der Waals surface area (Å²) < 4.78 is 5.77. The topological polar surface area (TPSA) is 107 Å². The van der Waals surface area contributed by atoms with Crippen molar-refractivity contribution < 1.29 is 29.0 Å². The molecule has 2 N–H and O–H groups in total. The van der Waals surface area contributed by atoms with Crippen LogP contribution in [0.15, 0.2) is 109 Å². The highest BCUT2D eigenvalue weighted by Crippen LogP contribution is 2.44. The molecule has 0 unspecified atom stereocenters. The van der Waals surface area contributed by atoms with E-state index in [-0.39, 0.29) is 18.4 Å². The van der Waals surface area contributed by atoms with E-state index in [2.05, 4.69) is 26.0 Å². The minimum Gasteiger partial charge on any atom is -0.480 e. The summed E-state index contributed by atoms with van der Waals surface area (Å²) in [6, 6.07) is 34.0. The second-order valence-electron chi connectivity index (χ2n) is 14.9. The Morgan fingerprint density at radius 1 is 0.750 bits per heavy atom. The van der Waals surface area contributed by atoms with Crippen LogP contribution in [-0.4, -0.2) is 78.8 Å². The fraction of sp³-hybridized carbons (Fsp3) is 0.372. The predicted molar refractivity (Wildman–Crippen MR) is 208 cm³/mol. The molecule has 1 aliphatic rings. The quantitative estimate of drug-likeness (QED) is 0.102. The Balaban J connectivity index is 1.17. The summed E-state index contributed by atoms with van der Waals surface area (Å²) in [5.41, 5.74) is 4.43. The number of carbonyl (C=O) groups excluding carboxylic acids is 2. The van der Waals surface area contributed by atoms with E-state index in [1.807, 2.05) is 104 Å². The van der Waals surface area contributed by atoms with Crippen LogP contribution >= 0.6 is 0 Å². The van der Waals surface area contributed by atoms with Gasteiger partial charge in [-0.2, -0.15) is 0 Å². The largest absolute Gasteiger partial charge is 0.480 e. The lowest BCUT2D eigenvalue weighted by molar-refractivity contribution is -0.153. The molecular formula is C43H52N2O6Si. The Morgan fingerprint density at radius 2 is 1.23 bits per heavy atom. The van der Waals surface area contributed by atoms with E-state index in [1.54, 1.807) is 6.92 Å². The van der Waals surface area contributed by atoms with Crippen LogP contribution in [0.4, 0.5) is 4.79 Å². The van der Waals surface area contributed by atoms with Gasteiger partial charge in [0.1, 0.15) is 18.7 Å². The summed E-state index contributed by atoms with van der Waals surface area (Å²) in [7, 11) is -0.147. The zero-order valence-electron chi connectivity index (χ0n) is 31.2. The van der Waals surface area contributed by atoms with Crippen LogP contribution < -0.4 is 10.4 Å². The lowest BCUT2D eigenvalue weighted by Gasteiger charge is -2.41. The fourth-order valence-corrected chi connectivity index (χ4v) is 11.7. The minimum absolute atomic E-state index is 0.117. The second-order valence-corrected chi connectivity index (χ2v) is 18.8. The van der Waals surface area contributed by atoms with Crippen LogP contribution in [0.2, 0.25) is 5.04 Å². The Bertz CT molecular complexity index is 1760. The van der Waals surface area contributed by atoms with Gasteiger partial charge in [0, 0.05) is 20.0 Å². The monoisotopic (exact) mass is 720 g/mol. The highest BCUT2D eigenvalue weighted by molar-refractivity contribution is 6.98. The summed E-state index contributed by atoms with van der Waals surface area (Å²) >= 11 is 0. The van der Waals surface area contributed by atoms with E-state index in [1.165, 1.54) is 23.9 Å². The first kappa shape index (κ1) is 38.5. The standard InChI is InChI=1S/C43H52N2O6Si/c1-30(19-17-18-28-43(3,4)52(50,32-20-9-7-10-21-32)33-22-11-8-12-23-33)39(41(47)48)45(6)40(46)31(2)44(5)42(49)51-29-38-36-26-15-13-24-34(36)35-25-14-16-27-37(35)38/h7-16,20-27,30-31,38-39,50H,17-19,28-29H2,1-6H3,(H,47,48)/t30-,31-,39+/m1/s1. The van der Waals surface area contributed by atoms with Crippen LogP contribution in [-0.2, 0) is 14.3 Å². The van der Waals surface area contributed by atoms with Crippen molar-refractivity contribution in [2.45, 2.75) is 76.4 Å². The zero-order chi connectivity index (χ0) is 37.6. The van der Waals surface area contributed by atoms with Crippen molar-refractivity contribution in [3.05, 3.63) is 120 Å². The maximum atomic E-state index is 13.7. The first-order valence-corrected chi connectivity index (χ1v) is 20.1. The molecule has 4 aromatic rings. The summed E-state index contributed by atoms with van der Waals surface area (Å²) in [5.74, 6) is -2.03. The van der Waals surface area contributed by atoms with Crippen LogP contribution in [0.1, 0.15) is 70.4 Å². The molecule has 3 atom stereocenters. The number of unbranched alkanes of at least 4 members (excludes halogenated alkanes) is 1. The molecule has 0 saturated carbocycles. The van der Waals surface area contributed by atoms with Crippen LogP contribution in [0, 0.1) is 5.92 Å². The van der Waals surface area contributed by atoms with Crippen molar-refractivity contribution in [1.29, 1.82) is 0 Å². The van der Waals surface area contributed by atoms with Crippen LogP contribution in [0.5, 0.6) is 0 Å². The average molecular weight is 721 g/mol. The van der Waals surface area contributed by atoms with E-state index >= 15 is 0 Å². The molecule has 0 aromatic heterocycles. The smallest absolute Gasteiger partial charge is 0.410 e. The first-order valence-electron chi connectivity index (χ1n) is 18.2. The molecule has 274 valence electrons. The molecule has 5 rings (SSSR count). The van der Waals surface area contributed by atoms with Crippen molar-refractivity contribution >= 4 is 36.7 Å². The molecule has 1 aliphatic carbocycles. The molecule has 8 nitrogen and oxygen atoms in total. The van der Waals surface area contributed by atoms with E-state index in [9.17, 15) is 24.3 Å². The summed E-state index contributed by atoms with van der Waals surface area (Å²) in [5, 5.41) is 11.8. The van der Waals surface area contributed by atoms with Gasteiger partial charge < -0.3 is 19.5 Å². The second kappa shape index (κ2) is 16.3. The van der Waals surface area contributed by atoms with Gasteiger partial charge in [0.25, 0.3) is 8.32 Å². The third-order valence-corrected chi connectivity index (χ3v) is 15.7. The Hall–Kier alpha value is -4.73.